The van der Waals surface area contributed by atoms with Gasteiger partial charge in [0.2, 0.25) is 0 Å². The molecule has 0 unspecified atom stereocenters. The molecule has 4 rings (SSSR count). The van der Waals surface area contributed by atoms with Gasteiger partial charge in [0.15, 0.2) is 11.6 Å². The molecule has 0 atom stereocenters. The van der Waals surface area contributed by atoms with Gasteiger partial charge in [0.05, 0.1) is 5.56 Å². The number of hydrogen-bond acceptors (Lipinski definition) is 5. The van der Waals surface area contributed by atoms with E-state index in [0.29, 0.717) is 26.2 Å². The molecule has 0 aliphatic carbocycles. The molecule has 2 aromatic rings. The summed E-state index contributed by atoms with van der Waals surface area (Å²) in [4.78, 5) is 18.3. The van der Waals surface area contributed by atoms with Crippen LogP contribution in [0, 0.1) is 11.6 Å². The molecule has 27 heavy (non-hydrogen) atoms. The maximum atomic E-state index is 13.8. The van der Waals surface area contributed by atoms with Gasteiger partial charge in [-0.2, -0.15) is 0 Å². The Kier molecular flexibility index (Phi) is 4.87. The van der Waals surface area contributed by atoms with E-state index < -0.39 is 17.5 Å². The monoisotopic (exact) mass is 373 g/mol. The van der Waals surface area contributed by atoms with Gasteiger partial charge < -0.3 is 14.7 Å². The van der Waals surface area contributed by atoms with Crippen LogP contribution in [0.1, 0.15) is 23.2 Å². The average molecular weight is 373 g/mol. The van der Waals surface area contributed by atoms with Crippen molar-refractivity contribution in [2.45, 2.75) is 12.8 Å². The molecule has 1 aromatic heterocycles. The SMILES string of the molecule is O=C(c1ccc(F)cc1F)N1CCN(c2ccc(N3CCCC3)nn2)CC1. The molecule has 0 spiro atoms. The lowest BCUT2D eigenvalue weighted by atomic mass is 10.1. The summed E-state index contributed by atoms with van der Waals surface area (Å²) in [5, 5.41) is 8.65. The number of halogens is 2. The van der Waals surface area contributed by atoms with Crippen LogP contribution >= 0.6 is 0 Å². The van der Waals surface area contributed by atoms with Crippen LogP contribution in [0.5, 0.6) is 0 Å². The first-order valence-corrected chi connectivity index (χ1v) is 9.20. The zero-order chi connectivity index (χ0) is 18.8. The topological polar surface area (TPSA) is 52.6 Å². The van der Waals surface area contributed by atoms with Crippen LogP contribution in [0.2, 0.25) is 0 Å². The number of carbonyl (C=O) groups excluding carboxylic acids is 1. The van der Waals surface area contributed by atoms with Crippen molar-refractivity contribution in [2.75, 3.05) is 49.1 Å². The van der Waals surface area contributed by atoms with Crippen LogP contribution in [-0.4, -0.2) is 60.3 Å². The molecule has 0 N–H and O–H groups in total. The second-order valence-electron chi connectivity index (χ2n) is 6.85. The summed E-state index contributed by atoms with van der Waals surface area (Å²) in [7, 11) is 0. The molecular formula is C19H21F2N5O. The van der Waals surface area contributed by atoms with Crippen LogP contribution in [0.15, 0.2) is 30.3 Å². The largest absolute Gasteiger partial charge is 0.355 e. The molecule has 3 heterocycles. The number of carbonyl (C=O) groups is 1. The first-order valence-electron chi connectivity index (χ1n) is 9.20. The van der Waals surface area contributed by atoms with E-state index in [-0.39, 0.29) is 5.56 Å². The summed E-state index contributed by atoms with van der Waals surface area (Å²) >= 11 is 0. The molecule has 1 aromatic carbocycles. The van der Waals surface area contributed by atoms with Gasteiger partial charge in [0, 0.05) is 45.3 Å². The number of rotatable bonds is 3. The van der Waals surface area contributed by atoms with E-state index in [0.717, 1.165) is 36.9 Å². The lowest BCUT2D eigenvalue weighted by molar-refractivity contribution is 0.0741. The summed E-state index contributed by atoms with van der Waals surface area (Å²) in [6, 6.07) is 6.98. The fourth-order valence-electron chi connectivity index (χ4n) is 3.57. The van der Waals surface area contributed by atoms with E-state index >= 15 is 0 Å². The Balaban J connectivity index is 1.37. The first kappa shape index (κ1) is 17.6. The van der Waals surface area contributed by atoms with E-state index in [1.165, 1.54) is 18.9 Å². The molecule has 0 saturated carbocycles. The molecule has 2 fully saturated rings. The number of aromatic nitrogens is 2. The van der Waals surface area contributed by atoms with E-state index in [4.69, 9.17) is 0 Å². The Hall–Kier alpha value is -2.77. The van der Waals surface area contributed by atoms with Crippen molar-refractivity contribution >= 4 is 17.5 Å². The molecule has 0 radical (unpaired) electrons. The van der Waals surface area contributed by atoms with Crippen molar-refractivity contribution < 1.29 is 13.6 Å². The third-order valence-electron chi connectivity index (χ3n) is 5.12. The van der Waals surface area contributed by atoms with Crippen LogP contribution < -0.4 is 9.80 Å². The van der Waals surface area contributed by atoms with Crippen molar-refractivity contribution in [3.8, 4) is 0 Å². The number of anilines is 2. The molecule has 6 nitrogen and oxygen atoms in total. The Bertz CT molecular complexity index is 815. The van der Waals surface area contributed by atoms with Gasteiger partial charge in [0.25, 0.3) is 5.91 Å². The second kappa shape index (κ2) is 7.46. The molecule has 1 amide bonds. The molecule has 2 aliphatic rings. The summed E-state index contributed by atoms with van der Waals surface area (Å²) in [6.07, 6.45) is 2.38. The summed E-state index contributed by atoms with van der Waals surface area (Å²) in [6.45, 7) is 4.12. The highest BCUT2D eigenvalue weighted by Gasteiger charge is 2.25. The highest BCUT2D eigenvalue weighted by molar-refractivity contribution is 5.94. The highest BCUT2D eigenvalue weighted by Crippen LogP contribution is 2.20. The smallest absolute Gasteiger partial charge is 0.256 e. The zero-order valence-corrected chi connectivity index (χ0v) is 14.9. The number of benzene rings is 1. The minimum absolute atomic E-state index is 0.0976. The molecule has 2 saturated heterocycles. The van der Waals surface area contributed by atoms with Crippen molar-refractivity contribution in [3.05, 3.63) is 47.5 Å². The summed E-state index contributed by atoms with van der Waals surface area (Å²) < 4.78 is 26.9. The van der Waals surface area contributed by atoms with Crippen LogP contribution in [0.4, 0.5) is 20.4 Å². The Morgan fingerprint density at radius 2 is 1.41 bits per heavy atom. The number of amides is 1. The van der Waals surface area contributed by atoms with Gasteiger partial charge >= 0.3 is 0 Å². The van der Waals surface area contributed by atoms with E-state index in [1.807, 2.05) is 12.1 Å². The molecule has 142 valence electrons. The second-order valence-corrected chi connectivity index (χ2v) is 6.85. The molecule has 2 aliphatic heterocycles. The van der Waals surface area contributed by atoms with Crippen molar-refractivity contribution in [3.63, 3.8) is 0 Å². The molecular weight excluding hydrogens is 352 g/mol. The van der Waals surface area contributed by atoms with Gasteiger partial charge in [-0.3, -0.25) is 4.79 Å². The summed E-state index contributed by atoms with van der Waals surface area (Å²) in [5.74, 6) is -0.256. The fraction of sp³-hybridized carbons (Fsp3) is 0.421. The molecule has 8 heteroatoms. The van der Waals surface area contributed by atoms with Gasteiger partial charge in [0.1, 0.15) is 11.6 Å². The standard InChI is InChI=1S/C19H21F2N5O/c20-14-3-4-15(16(21)13-14)19(27)26-11-9-25(10-12-26)18-6-5-17(22-23-18)24-7-1-2-8-24/h3-6,13H,1-2,7-12H2. The predicted molar refractivity (Wildman–Crippen MR) is 98.0 cm³/mol. The Morgan fingerprint density at radius 3 is 1.96 bits per heavy atom. The Labute approximate surface area is 156 Å². The third kappa shape index (κ3) is 3.70. The summed E-state index contributed by atoms with van der Waals surface area (Å²) in [5.41, 5.74) is -0.0976. The minimum atomic E-state index is -0.828. The van der Waals surface area contributed by atoms with Crippen molar-refractivity contribution in [1.82, 2.24) is 15.1 Å². The van der Waals surface area contributed by atoms with Crippen molar-refractivity contribution in [2.24, 2.45) is 0 Å². The van der Waals surface area contributed by atoms with Gasteiger partial charge in [-0.1, -0.05) is 0 Å². The first-order chi connectivity index (χ1) is 13.1. The van der Waals surface area contributed by atoms with Crippen LogP contribution in [-0.2, 0) is 0 Å². The van der Waals surface area contributed by atoms with Crippen LogP contribution in [0.3, 0.4) is 0 Å². The lowest BCUT2D eigenvalue weighted by Gasteiger charge is -2.35. The van der Waals surface area contributed by atoms with Crippen LogP contribution in [0.25, 0.3) is 0 Å². The van der Waals surface area contributed by atoms with Gasteiger partial charge in [-0.15, -0.1) is 10.2 Å². The minimum Gasteiger partial charge on any atom is -0.355 e. The normalized spacial score (nSPS) is 17.5. The quantitative estimate of drug-likeness (QED) is 0.827. The zero-order valence-electron chi connectivity index (χ0n) is 14.9. The van der Waals surface area contributed by atoms with Gasteiger partial charge in [-0.05, 0) is 37.1 Å². The van der Waals surface area contributed by atoms with Gasteiger partial charge in [-0.25, -0.2) is 8.78 Å². The number of piperazine rings is 1. The number of hydrogen-bond donors (Lipinski definition) is 0. The molecule has 0 bridgehead atoms. The Morgan fingerprint density at radius 1 is 0.815 bits per heavy atom. The fourth-order valence-corrected chi connectivity index (χ4v) is 3.57. The predicted octanol–water partition coefficient (Wildman–Crippen LogP) is 2.32. The van der Waals surface area contributed by atoms with E-state index in [2.05, 4.69) is 20.0 Å². The maximum Gasteiger partial charge on any atom is 0.256 e. The third-order valence-corrected chi connectivity index (χ3v) is 5.12. The lowest BCUT2D eigenvalue weighted by Crippen LogP contribution is -2.49. The van der Waals surface area contributed by atoms with E-state index in [1.54, 1.807) is 4.90 Å². The van der Waals surface area contributed by atoms with Crippen molar-refractivity contribution in [1.29, 1.82) is 0 Å². The average Bonchev–Trinajstić information content (AvgIpc) is 3.23. The van der Waals surface area contributed by atoms with E-state index in [9.17, 15) is 13.6 Å². The highest BCUT2D eigenvalue weighted by atomic mass is 19.1. The maximum absolute atomic E-state index is 13.8. The number of nitrogens with zero attached hydrogens (tertiary/aromatic N) is 5.